The Balaban J connectivity index is 2.37. The Labute approximate surface area is 116 Å². The van der Waals surface area contributed by atoms with Gasteiger partial charge in [0.15, 0.2) is 11.5 Å². The first kappa shape index (κ1) is 12.6. The lowest BCUT2D eigenvalue weighted by Gasteiger charge is -2.15. The Hall–Kier alpha value is -2.43. The Morgan fingerprint density at radius 1 is 1.00 bits per heavy atom. The van der Waals surface area contributed by atoms with Gasteiger partial charge >= 0.3 is 5.97 Å². The van der Waals surface area contributed by atoms with Crippen LogP contribution in [0.5, 0.6) is 17.2 Å². The van der Waals surface area contributed by atoms with Crippen molar-refractivity contribution in [1.82, 2.24) is 0 Å². The third kappa shape index (κ3) is 1.66. The van der Waals surface area contributed by atoms with Crippen LogP contribution in [0.1, 0.15) is 15.9 Å². The molecule has 104 valence electrons. The van der Waals surface area contributed by atoms with E-state index in [2.05, 4.69) is 0 Å². The van der Waals surface area contributed by atoms with Crippen molar-refractivity contribution in [3.8, 4) is 17.2 Å². The normalized spacial score (nSPS) is 13.1. The van der Waals surface area contributed by atoms with Gasteiger partial charge in [-0.15, -0.1) is 0 Å². The molecular formula is C15H14O5. The molecule has 0 N–H and O–H groups in total. The first-order valence-electron chi connectivity index (χ1n) is 6.12. The average Bonchev–Trinajstić information content (AvgIpc) is 2.83. The van der Waals surface area contributed by atoms with Crippen LogP contribution in [-0.4, -0.2) is 27.3 Å². The van der Waals surface area contributed by atoms with Crippen molar-refractivity contribution in [1.29, 1.82) is 0 Å². The van der Waals surface area contributed by atoms with E-state index in [1.54, 1.807) is 27.4 Å². The molecule has 0 bridgehead atoms. The molecule has 0 aliphatic carbocycles. The molecule has 0 amide bonds. The van der Waals surface area contributed by atoms with Crippen molar-refractivity contribution in [3.63, 3.8) is 0 Å². The first-order chi connectivity index (χ1) is 9.69. The van der Waals surface area contributed by atoms with Crippen LogP contribution in [0, 0.1) is 0 Å². The lowest BCUT2D eigenvalue weighted by molar-refractivity contribution is 0.0535. The summed E-state index contributed by atoms with van der Waals surface area (Å²) in [6.07, 6.45) is 0. The molecule has 1 heterocycles. The maximum absolute atomic E-state index is 11.7. The van der Waals surface area contributed by atoms with Gasteiger partial charge in [0.2, 0.25) is 5.75 Å². The number of rotatable bonds is 3. The van der Waals surface area contributed by atoms with Crippen LogP contribution >= 0.6 is 0 Å². The van der Waals surface area contributed by atoms with E-state index < -0.39 is 0 Å². The van der Waals surface area contributed by atoms with Crippen molar-refractivity contribution < 1.29 is 23.7 Å². The molecule has 0 spiro atoms. The highest BCUT2D eigenvalue weighted by Gasteiger charge is 2.24. The summed E-state index contributed by atoms with van der Waals surface area (Å²) in [5.74, 6) is 1.33. The summed E-state index contributed by atoms with van der Waals surface area (Å²) in [6, 6.07) is 5.56. The quantitative estimate of drug-likeness (QED) is 0.805. The van der Waals surface area contributed by atoms with Gasteiger partial charge in [0, 0.05) is 10.9 Å². The summed E-state index contributed by atoms with van der Waals surface area (Å²) in [5, 5.41) is 1.71. The predicted molar refractivity (Wildman–Crippen MR) is 72.7 cm³/mol. The van der Waals surface area contributed by atoms with Gasteiger partial charge in [-0.1, -0.05) is 0 Å². The van der Waals surface area contributed by atoms with Crippen LogP contribution in [-0.2, 0) is 11.3 Å². The van der Waals surface area contributed by atoms with Crippen molar-refractivity contribution in [3.05, 3.63) is 29.3 Å². The lowest BCUT2D eigenvalue weighted by Crippen LogP contribution is -1.98. The molecule has 1 aliphatic rings. The molecule has 5 heteroatoms. The van der Waals surface area contributed by atoms with E-state index in [9.17, 15) is 4.79 Å². The highest BCUT2D eigenvalue weighted by molar-refractivity contribution is 6.02. The third-order valence-electron chi connectivity index (χ3n) is 3.44. The largest absolute Gasteiger partial charge is 0.493 e. The van der Waals surface area contributed by atoms with Gasteiger partial charge in [-0.2, -0.15) is 0 Å². The van der Waals surface area contributed by atoms with E-state index in [0.29, 0.717) is 29.4 Å². The molecule has 0 fully saturated rings. The molecule has 0 saturated carbocycles. The number of hydrogen-bond donors (Lipinski definition) is 0. The second kappa shape index (κ2) is 4.59. The number of methoxy groups -OCH3 is 3. The molecule has 0 atom stereocenters. The fraction of sp³-hybridized carbons (Fsp3) is 0.267. The van der Waals surface area contributed by atoms with Gasteiger partial charge in [0.25, 0.3) is 0 Å². The predicted octanol–water partition coefficient (Wildman–Crippen LogP) is 2.54. The number of hydrogen-bond acceptors (Lipinski definition) is 5. The standard InChI is InChI=1S/C15H14O5/c1-17-12-5-8-4-9-7-20-15(16)11(9)6-10(8)13(18-2)14(12)19-3/h4-6H,7H2,1-3H3. The highest BCUT2D eigenvalue weighted by Crippen LogP contribution is 2.44. The van der Waals surface area contributed by atoms with E-state index in [-0.39, 0.29) is 5.97 Å². The van der Waals surface area contributed by atoms with E-state index in [4.69, 9.17) is 18.9 Å². The Bertz CT molecular complexity index is 705. The topological polar surface area (TPSA) is 54.0 Å². The summed E-state index contributed by atoms with van der Waals surface area (Å²) in [7, 11) is 4.68. The van der Waals surface area contributed by atoms with Crippen LogP contribution in [0.25, 0.3) is 10.8 Å². The number of carbonyl (C=O) groups excluding carboxylic acids is 1. The number of benzene rings is 2. The zero-order chi connectivity index (χ0) is 14.3. The number of carbonyl (C=O) groups is 1. The van der Waals surface area contributed by atoms with Gasteiger partial charge in [0.1, 0.15) is 6.61 Å². The third-order valence-corrected chi connectivity index (χ3v) is 3.44. The van der Waals surface area contributed by atoms with Crippen molar-refractivity contribution in [2.75, 3.05) is 21.3 Å². The molecule has 1 aliphatic heterocycles. The molecule has 2 aromatic rings. The summed E-state index contributed by atoms with van der Waals surface area (Å²) in [5.41, 5.74) is 1.44. The maximum atomic E-state index is 11.7. The number of cyclic esters (lactones) is 1. The fourth-order valence-electron chi connectivity index (χ4n) is 2.50. The minimum Gasteiger partial charge on any atom is -0.493 e. The van der Waals surface area contributed by atoms with Crippen LogP contribution < -0.4 is 14.2 Å². The monoisotopic (exact) mass is 274 g/mol. The van der Waals surface area contributed by atoms with Crippen LogP contribution in [0.4, 0.5) is 0 Å². The van der Waals surface area contributed by atoms with Crippen molar-refractivity contribution in [2.45, 2.75) is 6.61 Å². The first-order valence-corrected chi connectivity index (χ1v) is 6.12. The molecule has 3 rings (SSSR count). The van der Waals surface area contributed by atoms with Crippen LogP contribution in [0.15, 0.2) is 18.2 Å². The molecule has 20 heavy (non-hydrogen) atoms. The van der Waals surface area contributed by atoms with Gasteiger partial charge in [-0.25, -0.2) is 4.79 Å². The molecule has 0 aromatic heterocycles. The second-order valence-electron chi connectivity index (χ2n) is 4.45. The van der Waals surface area contributed by atoms with E-state index in [0.717, 1.165) is 16.3 Å². The van der Waals surface area contributed by atoms with Crippen molar-refractivity contribution >= 4 is 16.7 Å². The number of ether oxygens (including phenoxy) is 4. The maximum Gasteiger partial charge on any atom is 0.338 e. The molecule has 0 radical (unpaired) electrons. The zero-order valence-corrected chi connectivity index (χ0v) is 11.5. The summed E-state index contributed by atoms with van der Waals surface area (Å²) >= 11 is 0. The van der Waals surface area contributed by atoms with Gasteiger partial charge in [0.05, 0.1) is 26.9 Å². The summed E-state index contributed by atoms with van der Waals surface area (Å²) in [4.78, 5) is 11.7. The Morgan fingerprint density at radius 3 is 2.40 bits per heavy atom. The number of esters is 1. The summed E-state index contributed by atoms with van der Waals surface area (Å²) < 4.78 is 21.1. The molecule has 2 aromatic carbocycles. The number of fused-ring (bicyclic) bond motifs is 2. The van der Waals surface area contributed by atoms with E-state index in [1.165, 1.54) is 0 Å². The molecule has 0 unspecified atom stereocenters. The van der Waals surface area contributed by atoms with Crippen LogP contribution in [0.2, 0.25) is 0 Å². The molecule has 5 nitrogen and oxygen atoms in total. The van der Waals surface area contributed by atoms with E-state index >= 15 is 0 Å². The highest BCUT2D eigenvalue weighted by atomic mass is 16.5. The summed E-state index contributed by atoms with van der Waals surface area (Å²) in [6.45, 7) is 0.306. The smallest absolute Gasteiger partial charge is 0.338 e. The second-order valence-corrected chi connectivity index (χ2v) is 4.45. The molecular weight excluding hydrogens is 260 g/mol. The Kier molecular flexibility index (Phi) is 2.89. The molecule has 0 saturated heterocycles. The van der Waals surface area contributed by atoms with Gasteiger partial charge < -0.3 is 18.9 Å². The lowest BCUT2D eigenvalue weighted by atomic mass is 10.0. The zero-order valence-electron chi connectivity index (χ0n) is 11.5. The fourth-order valence-corrected chi connectivity index (χ4v) is 2.50. The van der Waals surface area contributed by atoms with Gasteiger partial charge in [-0.05, 0) is 23.6 Å². The van der Waals surface area contributed by atoms with Crippen molar-refractivity contribution in [2.24, 2.45) is 0 Å². The van der Waals surface area contributed by atoms with Crippen LogP contribution in [0.3, 0.4) is 0 Å². The SMILES string of the molecule is COc1cc2cc3c(cc2c(OC)c1OC)C(=O)OC3. The minimum atomic E-state index is -0.307. The minimum absolute atomic E-state index is 0.306. The average molecular weight is 274 g/mol. The van der Waals surface area contributed by atoms with Gasteiger partial charge in [-0.3, -0.25) is 0 Å². The Morgan fingerprint density at radius 2 is 1.75 bits per heavy atom. The van der Waals surface area contributed by atoms with E-state index in [1.807, 2.05) is 12.1 Å².